The normalized spacial score (nSPS) is 10.4. The van der Waals surface area contributed by atoms with Gasteiger partial charge in [-0.3, -0.25) is 0 Å². The van der Waals surface area contributed by atoms with Gasteiger partial charge in [0.25, 0.3) is 0 Å². The largest absolute Gasteiger partial charge is 0.488 e. The lowest BCUT2D eigenvalue weighted by Gasteiger charge is -2.09. The van der Waals surface area contributed by atoms with E-state index in [1.165, 1.54) is 0 Å². The molecule has 2 aromatic rings. The van der Waals surface area contributed by atoms with Crippen LogP contribution in [0.4, 0.5) is 0 Å². The first kappa shape index (κ1) is 13.6. The molecule has 0 bridgehead atoms. The van der Waals surface area contributed by atoms with Gasteiger partial charge in [0.05, 0.1) is 10.2 Å². The highest BCUT2D eigenvalue weighted by Gasteiger charge is 2.03. The Morgan fingerprint density at radius 1 is 1.06 bits per heavy atom. The van der Waals surface area contributed by atoms with Gasteiger partial charge in [-0.15, -0.1) is 0 Å². The van der Waals surface area contributed by atoms with Crippen LogP contribution in [0.2, 0.25) is 5.02 Å². The molecule has 2 nitrogen and oxygen atoms in total. The van der Waals surface area contributed by atoms with E-state index in [0.29, 0.717) is 6.61 Å². The Kier molecular flexibility index (Phi) is 4.86. The molecule has 0 amide bonds. The van der Waals surface area contributed by atoms with Crippen LogP contribution in [0.15, 0.2) is 42.5 Å². The topological polar surface area (TPSA) is 29.5 Å². The number of aliphatic hydroxyl groups excluding tert-OH is 1. The number of ether oxygens (including phenoxy) is 1. The molecule has 4 heteroatoms. The third kappa shape index (κ3) is 3.60. The highest BCUT2D eigenvalue weighted by atomic mass is 127. The minimum absolute atomic E-state index is 0.0491. The van der Waals surface area contributed by atoms with Crippen molar-refractivity contribution < 1.29 is 9.84 Å². The van der Waals surface area contributed by atoms with Crippen molar-refractivity contribution in [1.29, 1.82) is 0 Å². The van der Waals surface area contributed by atoms with Crippen molar-refractivity contribution in [2.75, 3.05) is 0 Å². The second-order valence-electron chi connectivity index (χ2n) is 3.84. The summed E-state index contributed by atoms with van der Waals surface area (Å²) in [4.78, 5) is 0. The van der Waals surface area contributed by atoms with Gasteiger partial charge in [-0.05, 0) is 58.0 Å². The maximum atomic E-state index is 9.03. The van der Waals surface area contributed by atoms with Gasteiger partial charge in [-0.25, -0.2) is 0 Å². The molecule has 0 saturated carbocycles. The van der Waals surface area contributed by atoms with Crippen LogP contribution < -0.4 is 4.74 Å². The summed E-state index contributed by atoms with van der Waals surface area (Å²) in [7, 11) is 0. The summed E-state index contributed by atoms with van der Waals surface area (Å²) in [6.45, 7) is 0.555. The first-order valence-corrected chi connectivity index (χ1v) is 6.91. The van der Waals surface area contributed by atoms with E-state index in [0.717, 1.165) is 25.5 Å². The van der Waals surface area contributed by atoms with E-state index in [9.17, 15) is 0 Å². The maximum Gasteiger partial charge on any atom is 0.133 e. The van der Waals surface area contributed by atoms with Crippen LogP contribution in [0.3, 0.4) is 0 Å². The molecule has 0 unspecified atom stereocenters. The fourth-order valence-electron chi connectivity index (χ4n) is 1.50. The first-order valence-electron chi connectivity index (χ1n) is 5.45. The van der Waals surface area contributed by atoms with Gasteiger partial charge in [-0.1, -0.05) is 29.8 Å². The van der Waals surface area contributed by atoms with E-state index in [4.69, 9.17) is 21.4 Å². The van der Waals surface area contributed by atoms with Crippen LogP contribution in [-0.2, 0) is 13.2 Å². The van der Waals surface area contributed by atoms with Crippen molar-refractivity contribution >= 4 is 34.2 Å². The number of hydrogen-bond acceptors (Lipinski definition) is 2. The molecule has 2 rings (SSSR count). The van der Waals surface area contributed by atoms with Crippen LogP contribution in [0, 0.1) is 3.57 Å². The zero-order chi connectivity index (χ0) is 13.0. The average Bonchev–Trinajstić information content (AvgIpc) is 2.39. The molecule has 0 aliphatic carbocycles. The van der Waals surface area contributed by atoms with E-state index < -0.39 is 0 Å². The van der Waals surface area contributed by atoms with E-state index in [1.807, 2.05) is 42.5 Å². The molecule has 0 saturated heterocycles. The minimum Gasteiger partial charge on any atom is -0.488 e. The van der Waals surface area contributed by atoms with Crippen molar-refractivity contribution in [3.8, 4) is 5.75 Å². The number of rotatable bonds is 4. The number of benzene rings is 2. The van der Waals surface area contributed by atoms with Crippen molar-refractivity contribution in [3.05, 3.63) is 62.2 Å². The van der Waals surface area contributed by atoms with Gasteiger partial charge < -0.3 is 9.84 Å². The monoisotopic (exact) mass is 374 g/mol. The van der Waals surface area contributed by atoms with Gasteiger partial charge in [-0.2, -0.15) is 0 Å². The molecule has 0 fully saturated rings. The van der Waals surface area contributed by atoms with Crippen molar-refractivity contribution in [2.45, 2.75) is 13.2 Å². The Labute approximate surface area is 125 Å². The lowest BCUT2D eigenvalue weighted by Crippen LogP contribution is -1.97. The molecule has 0 heterocycles. The van der Waals surface area contributed by atoms with Crippen LogP contribution in [-0.4, -0.2) is 5.11 Å². The predicted octanol–water partition coefficient (Wildman–Crippen LogP) is 4.02. The quantitative estimate of drug-likeness (QED) is 0.819. The summed E-state index contributed by atoms with van der Waals surface area (Å²) < 4.78 is 6.72. The Hall–Kier alpha value is -0.780. The summed E-state index contributed by atoms with van der Waals surface area (Å²) in [5.74, 6) is 0.822. The molecular formula is C14H12ClIO2. The first-order chi connectivity index (χ1) is 8.69. The molecule has 0 aliphatic rings. The summed E-state index contributed by atoms with van der Waals surface area (Å²) >= 11 is 8.02. The molecule has 0 spiro atoms. The van der Waals surface area contributed by atoms with Crippen LogP contribution in [0.1, 0.15) is 11.1 Å². The van der Waals surface area contributed by atoms with E-state index in [-0.39, 0.29) is 6.61 Å². The molecule has 18 heavy (non-hydrogen) atoms. The standard InChI is InChI=1S/C14H12ClIO2/c15-12-4-1-10(2-5-12)9-18-14-6-3-11(8-17)7-13(14)16/h1-7,17H,8-9H2. The Balaban J connectivity index is 2.04. The highest BCUT2D eigenvalue weighted by Crippen LogP contribution is 2.23. The van der Waals surface area contributed by atoms with Crippen molar-refractivity contribution in [2.24, 2.45) is 0 Å². The Morgan fingerprint density at radius 2 is 1.72 bits per heavy atom. The second-order valence-corrected chi connectivity index (χ2v) is 5.44. The average molecular weight is 375 g/mol. The van der Waals surface area contributed by atoms with Crippen LogP contribution in [0.25, 0.3) is 0 Å². The SMILES string of the molecule is OCc1ccc(OCc2ccc(Cl)cc2)c(I)c1. The summed E-state index contributed by atoms with van der Waals surface area (Å²) in [5.41, 5.74) is 1.96. The summed E-state index contributed by atoms with van der Waals surface area (Å²) in [6.07, 6.45) is 0. The molecule has 0 aromatic heterocycles. The molecule has 94 valence electrons. The number of halogens is 2. The zero-order valence-electron chi connectivity index (χ0n) is 9.57. The Morgan fingerprint density at radius 3 is 2.33 bits per heavy atom. The van der Waals surface area contributed by atoms with Crippen molar-refractivity contribution in [3.63, 3.8) is 0 Å². The van der Waals surface area contributed by atoms with E-state index >= 15 is 0 Å². The van der Waals surface area contributed by atoms with Gasteiger partial charge in [0.1, 0.15) is 12.4 Å². The third-order valence-electron chi connectivity index (χ3n) is 2.49. The van der Waals surface area contributed by atoms with Gasteiger partial charge in [0.15, 0.2) is 0 Å². The fourth-order valence-corrected chi connectivity index (χ4v) is 2.36. The zero-order valence-corrected chi connectivity index (χ0v) is 12.5. The highest BCUT2D eigenvalue weighted by molar-refractivity contribution is 14.1. The fraction of sp³-hybridized carbons (Fsp3) is 0.143. The third-order valence-corrected chi connectivity index (χ3v) is 3.58. The minimum atomic E-state index is 0.0491. The summed E-state index contributed by atoms with van der Waals surface area (Å²) in [6, 6.07) is 13.2. The maximum absolute atomic E-state index is 9.03. The van der Waals surface area contributed by atoms with E-state index in [2.05, 4.69) is 22.6 Å². The van der Waals surface area contributed by atoms with Gasteiger partial charge >= 0.3 is 0 Å². The summed E-state index contributed by atoms with van der Waals surface area (Å²) in [5, 5.41) is 9.75. The lowest BCUT2D eigenvalue weighted by atomic mass is 10.2. The van der Waals surface area contributed by atoms with E-state index in [1.54, 1.807) is 0 Å². The van der Waals surface area contributed by atoms with Gasteiger partial charge in [0, 0.05) is 5.02 Å². The smallest absolute Gasteiger partial charge is 0.133 e. The van der Waals surface area contributed by atoms with Crippen molar-refractivity contribution in [1.82, 2.24) is 0 Å². The molecule has 0 atom stereocenters. The Bertz CT molecular complexity index is 526. The number of hydrogen-bond donors (Lipinski definition) is 1. The van der Waals surface area contributed by atoms with Gasteiger partial charge in [0.2, 0.25) is 0 Å². The van der Waals surface area contributed by atoms with Crippen LogP contribution >= 0.6 is 34.2 Å². The molecule has 0 aliphatic heterocycles. The molecule has 1 N–H and O–H groups in total. The molecule has 2 aromatic carbocycles. The molecular weight excluding hydrogens is 363 g/mol. The second kappa shape index (κ2) is 6.41. The molecule has 0 radical (unpaired) electrons. The predicted molar refractivity (Wildman–Crippen MR) is 80.9 cm³/mol. The number of aliphatic hydroxyl groups is 1. The lowest BCUT2D eigenvalue weighted by molar-refractivity contribution is 0.280. The van der Waals surface area contributed by atoms with Crippen LogP contribution in [0.5, 0.6) is 5.75 Å².